The first-order valence-corrected chi connectivity index (χ1v) is 6.06. The number of rotatable bonds is 4. The van der Waals surface area contributed by atoms with Gasteiger partial charge < -0.3 is 10.5 Å². The van der Waals surface area contributed by atoms with Crippen molar-refractivity contribution < 1.29 is 9.53 Å². The van der Waals surface area contributed by atoms with Crippen LogP contribution in [0, 0.1) is 0 Å². The maximum atomic E-state index is 11.8. The molecular formula is C12H23NO2. The Labute approximate surface area is 92.4 Å². The Morgan fingerprint density at radius 2 is 2.00 bits per heavy atom. The van der Waals surface area contributed by atoms with Crippen molar-refractivity contribution in [2.45, 2.75) is 70.4 Å². The van der Waals surface area contributed by atoms with E-state index >= 15 is 0 Å². The molecule has 0 aliphatic heterocycles. The summed E-state index contributed by atoms with van der Waals surface area (Å²) in [5.41, 5.74) is 5.11. The molecule has 0 spiro atoms. The van der Waals surface area contributed by atoms with Crippen molar-refractivity contribution in [3.05, 3.63) is 0 Å². The zero-order valence-corrected chi connectivity index (χ0v) is 9.92. The summed E-state index contributed by atoms with van der Waals surface area (Å²) in [4.78, 5) is 11.8. The lowest BCUT2D eigenvalue weighted by Gasteiger charge is -2.27. The first-order valence-electron chi connectivity index (χ1n) is 6.06. The summed E-state index contributed by atoms with van der Waals surface area (Å²) in [6.45, 7) is 3.79. The molecule has 0 radical (unpaired) electrons. The molecule has 1 atom stereocenters. The summed E-state index contributed by atoms with van der Waals surface area (Å²) >= 11 is 0. The third-order valence-corrected chi connectivity index (χ3v) is 3.06. The van der Waals surface area contributed by atoms with Crippen LogP contribution in [-0.4, -0.2) is 17.6 Å². The Morgan fingerprint density at radius 3 is 2.53 bits per heavy atom. The van der Waals surface area contributed by atoms with Crippen LogP contribution in [0.3, 0.4) is 0 Å². The van der Waals surface area contributed by atoms with Crippen molar-refractivity contribution in [2.24, 2.45) is 5.73 Å². The minimum absolute atomic E-state index is 0.117. The molecule has 3 nitrogen and oxygen atoms in total. The summed E-state index contributed by atoms with van der Waals surface area (Å²) in [6, 6.07) is 0. The van der Waals surface area contributed by atoms with Gasteiger partial charge >= 0.3 is 5.97 Å². The molecular weight excluding hydrogens is 190 g/mol. The van der Waals surface area contributed by atoms with Gasteiger partial charge in [-0.05, 0) is 39.0 Å². The van der Waals surface area contributed by atoms with Crippen LogP contribution in [0.25, 0.3) is 0 Å². The second kappa shape index (κ2) is 5.50. The van der Waals surface area contributed by atoms with Gasteiger partial charge in [0.1, 0.15) is 11.6 Å². The standard InChI is InChI=1S/C12H23NO2/c1-3-9-12(2,13)11(14)15-10-7-5-4-6-8-10/h10H,3-9,13H2,1-2H3. The topological polar surface area (TPSA) is 52.3 Å². The number of esters is 1. The Balaban J connectivity index is 2.39. The predicted octanol–water partition coefficient (Wildman–Crippen LogP) is 2.38. The Morgan fingerprint density at radius 1 is 1.40 bits per heavy atom. The van der Waals surface area contributed by atoms with Crippen molar-refractivity contribution in [2.75, 3.05) is 0 Å². The fraction of sp³-hybridized carbons (Fsp3) is 0.917. The Hall–Kier alpha value is -0.570. The van der Waals surface area contributed by atoms with E-state index < -0.39 is 5.54 Å². The molecule has 1 aliphatic carbocycles. The number of hydrogen-bond acceptors (Lipinski definition) is 3. The highest BCUT2D eigenvalue weighted by atomic mass is 16.5. The van der Waals surface area contributed by atoms with Crippen LogP contribution >= 0.6 is 0 Å². The molecule has 0 aromatic heterocycles. The van der Waals surface area contributed by atoms with E-state index in [9.17, 15) is 4.79 Å². The van der Waals surface area contributed by atoms with E-state index in [1.54, 1.807) is 6.92 Å². The average Bonchev–Trinajstić information content (AvgIpc) is 2.19. The molecule has 0 aromatic carbocycles. The first kappa shape index (κ1) is 12.5. The maximum Gasteiger partial charge on any atom is 0.326 e. The number of carbonyl (C=O) groups is 1. The van der Waals surface area contributed by atoms with Gasteiger partial charge in [0.25, 0.3) is 0 Å². The molecule has 1 aliphatic rings. The third-order valence-electron chi connectivity index (χ3n) is 3.06. The van der Waals surface area contributed by atoms with E-state index in [0.29, 0.717) is 6.42 Å². The molecule has 3 heteroatoms. The van der Waals surface area contributed by atoms with Gasteiger partial charge in [0.2, 0.25) is 0 Å². The van der Waals surface area contributed by atoms with Crippen molar-refractivity contribution >= 4 is 5.97 Å². The van der Waals surface area contributed by atoms with Crippen LogP contribution in [0.1, 0.15) is 58.8 Å². The Bertz CT molecular complexity index is 208. The van der Waals surface area contributed by atoms with Crippen LogP contribution in [0.2, 0.25) is 0 Å². The zero-order valence-electron chi connectivity index (χ0n) is 9.92. The second-order valence-electron chi connectivity index (χ2n) is 4.83. The van der Waals surface area contributed by atoms with Gasteiger partial charge in [0, 0.05) is 0 Å². The largest absolute Gasteiger partial charge is 0.461 e. The molecule has 1 fully saturated rings. The number of hydrogen-bond donors (Lipinski definition) is 1. The molecule has 1 unspecified atom stereocenters. The van der Waals surface area contributed by atoms with Gasteiger partial charge in [-0.15, -0.1) is 0 Å². The van der Waals surface area contributed by atoms with E-state index in [1.807, 2.05) is 6.92 Å². The lowest BCUT2D eigenvalue weighted by molar-refractivity contribution is -0.156. The number of ether oxygens (including phenoxy) is 1. The van der Waals surface area contributed by atoms with Crippen molar-refractivity contribution in [3.8, 4) is 0 Å². The van der Waals surface area contributed by atoms with Crippen LogP contribution in [0.15, 0.2) is 0 Å². The minimum Gasteiger partial charge on any atom is -0.461 e. The molecule has 1 saturated carbocycles. The van der Waals surface area contributed by atoms with Gasteiger partial charge in [-0.1, -0.05) is 19.8 Å². The second-order valence-corrected chi connectivity index (χ2v) is 4.83. The number of carbonyl (C=O) groups excluding carboxylic acids is 1. The highest BCUT2D eigenvalue weighted by molar-refractivity contribution is 5.80. The molecule has 2 N–H and O–H groups in total. The molecule has 0 saturated heterocycles. The van der Waals surface area contributed by atoms with Crippen molar-refractivity contribution in [1.82, 2.24) is 0 Å². The smallest absolute Gasteiger partial charge is 0.326 e. The summed E-state index contributed by atoms with van der Waals surface area (Å²) in [7, 11) is 0. The molecule has 0 heterocycles. The summed E-state index contributed by atoms with van der Waals surface area (Å²) in [6.07, 6.45) is 7.35. The van der Waals surface area contributed by atoms with Crippen LogP contribution in [0.4, 0.5) is 0 Å². The van der Waals surface area contributed by atoms with Crippen LogP contribution in [-0.2, 0) is 9.53 Å². The summed E-state index contributed by atoms with van der Waals surface area (Å²) in [5, 5.41) is 0. The lowest BCUT2D eigenvalue weighted by Crippen LogP contribution is -2.47. The third kappa shape index (κ3) is 3.82. The van der Waals surface area contributed by atoms with E-state index in [4.69, 9.17) is 10.5 Å². The van der Waals surface area contributed by atoms with Gasteiger partial charge in [-0.25, -0.2) is 0 Å². The average molecular weight is 213 g/mol. The molecule has 15 heavy (non-hydrogen) atoms. The van der Waals surface area contributed by atoms with Crippen molar-refractivity contribution in [1.29, 1.82) is 0 Å². The van der Waals surface area contributed by atoms with E-state index in [0.717, 1.165) is 19.3 Å². The molecule has 88 valence electrons. The monoisotopic (exact) mass is 213 g/mol. The molecule has 1 rings (SSSR count). The fourth-order valence-electron chi connectivity index (χ4n) is 2.09. The SMILES string of the molecule is CCCC(C)(N)C(=O)OC1CCCCC1. The minimum atomic E-state index is -0.799. The normalized spacial score (nSPS) is 22.1. The highest BCUT2D eigenvalue weighted by Crippen LogP contribution is 2.22. The number of nitrogens with two attached hydrogens (primary N) is 1. The molecule has 0 aromatic rings. The summed E-state index contributed by atoms with van der Waals surface area (Å²) in [5.74, 6) is -0.226. The first-order chi connectivity index (χ1) is 7.06. The van der Waals surface area contributed by atoms with Gasteiger partial charge in [-0.2, -0.15) is 0 Å². The summed E-state index contributed by atoms with van der Waals surface area (Å²) < 4.78 is 5.44. The lowest BCUT2D eigenvalue weighted by atomic mass is 9.95. The maximum absolute atomic E-state index is 11.8. The van der Waals surface area contributed by atoms with Gasteiger partial charge in [-0.3, -0.25) is 4.79 Å². The van der Waals surface area contributed by atoms with Gasteiger partial charge in [0.15, 0.2) is 0 Å². The van der Waals surface area contributed by atoms with E-state index in [-0.39, 0.29) is 12.1 Å². The highest BCUT2D eigenvalue weighted by Gasteiger charge is 2.31. The predicted molar refractivity (Wildman–Crippen MR) is 60.5 cm³/mol. The fourth-order valence-corrected chi connectivity index (χ4v) is 2.09. The van der Waals surface area contributed by atoms with Crippen LogP contribution < -0.4 is 5.73 Å². The molecule has 0 bridgehead atoms. The van der Waals surface area contributed by atoms with Crippen molar-refractivity contribution in [3.63, 3.8) is 0 Å². The van der Waals surface area contributed by atoms with E-state index in [1.165, 1.54) is 19.3 Å². The van der Waals surface area contributed by atoms with E-state index in [2.05, 4.69) is 0 Å². The van der Waals surface area contributed by atoms with Gasteiger partial charge in [0.05, 0.1) is 0 Å². The quantitative estimate of drug-likeness (QED) is 0.729. The zero-order chi connectivity index (χ0) is 11.3. The molecule has 0 amide bonds. The van der Waals surface area contributed by atoms with Crippen LogP contribution in [0.5, 0.6) is 0 Å². The Kier molecular flexibility index (Phi) is 4.58.